The standard InChI is InChI=1S/C8H8N/c1-9-7-8-5-3-2-4-6-8/h2-3,5-7H,1H3/b9-7-. The Morgan fingerprint density at radius 1 is 1.67 bits per heavy atom. The van der Waals surface area contributed by atoms with Crippen LogP contribution in [0.4, 0.5) is 0 Å². The van der Waals surface area contributed by atoms with Crippen molar-refractivity contribution in [2.45, 2.75) is 0 Å². The third-order valence-electron chi connectivity index (χ3n) is 1.01. The molecular formula is C8H8N. The Hall–Kier alpha value is -1.11. The topological polar surface area (TPSA) is 12.4 Å². The predicted octanol–water partition coefficient (Wildman–Crippen LogP) is 1.54. The Kier molecular flexibility index (Phi) is 2.02. The molecule has 0 aromatic heterocycles. The van der Waals surface area contributed by atoms with E-state index in [9.17, 15) is 0 Å². The molecule has 0 bridgehead atoms. The summed E-state index contributed by atoms with van der Waals surface area (Å²) >= 11 is 0. The molecule has 0 unspecified atom stereocenters. The molecule has 0 fully saturated rings. The van der Waals surface area contributed by atoms with Crippen molar-refractivity contribution < 1.29 is 0 Å². The van der Waals surface area contributed by atoms with Crippen molar-refractivity contribution in [3.05, 3.63) is 35.9 Å². The number of rotatable bonds is 1. The van der Waals surface area contributed by atoms with Crippen LogP contribution in [0.25, 0.3) is 0 Å². The molecule has 0 N–H and O–H groups in total. The van der Waals surface area contributed by atoms with Crippen LogP contribution in [0.3, 0.4) is 0 Å². The van der Waals surface area contributed by atoms with E-state index in [2.05, 4.69) is 11.1 Å². The van der Waals surface area contributed by atoms with Gasteiger partial charge in [-0.3, -0.25) is 4.99 Å². The van der Waals surface area contributed by atoms with Gasteiger partial charge in [-0.1, -0.05) is 18.2 Å². The Balaban J connectivity index is 2.85. The van der Waals surface area contributed by atoms with Crippen LogP contribution in [-0.4, -0.2) is 13.3 Å². The first kappa shape index (κ1) is 6.02. The van der Waals surface area contributed by atoms with E-state index in [4.69, 9.17) is 0 Å². The molecule has 1 aromatic carbocycles. The van der Waals surface area contributed by atoms with E-state index in [0.29, 0.717) is 0 Å². The Labute approximate surface area is 55.1 Å². The van der Waals surface area contributed by atoms with Crippen molar-refractivity contribution in [3.8, 4) is 0 Å². The number of nitrogens with zero attached hydrogens (tertiary/aromatic N) is 1. The fourth-order valence-corrected chi connectivity index (χ4v) is 0.637. The minimum atomic E-state index is 1.10. The van der Waals surface area contributed by atoms with E-state index >= 15 is 0 Å². The second-order valence-electron chi connectivity index (χ2n) is 1.72. The summed E-state index contributed by atoms with van der Waals surface area (Å²) < 4.78 is 0. The van der Waals surface area contributed by atoms with Gasteiger partial charge in [0.2, 0.25) is 0 Å². The van der Waals surface area contributed by atoms with Crippen molar-refractivity contribution in [1.82, 2.24) is 0 Å². The quantitative estimate of drug-likeness (QED) is 0.496. The lowest BCUT2D eigenvalue weighted by Crippen LogP contribution is -1.76. The normalized spacial score (nSPS) is 10.3. The molecule has 1 radical (unpaired) electrons. The zero-order valence-corrected chi connectivity index (χ0v) is 5.33. The third-order valence-corrected chi connectivity index (χ3v) is 1.01. The first-order valence-electron chi connectivity index (χ1n) is 2.82. The number of aliphatic imine (C=N–C) groups is 1. The van der Waals surface area contributed by atoms with E-state index in [0.717, 1.165) is 5.56 Å². The summed E-state index contributed by atoms with van der Waals surface area (Å²) in [7, 11) is 1.76. The molecule has 1 aromatic rings. The van der Waals surface area contributed by atoms with Gasteiger partial charge < -0.3 is 0 Å². The van der Waals surface area contributed by atoms with Crippen LogP contribution in [0.2, 0.25) is 0 Å². The van der Waals surface area contributed by atoms with Crippen molar-refractivity contribution in [3.63, 3.8) is 0 Å². The Morgan fingerprint density at radius 2 is 2.56 bits per heavy atom. The maximum absolute atomic E-state index is 3.86. The molecule has 0 aliphatic carbocycles. The van der Waals surface area contributed by atoms with E-state index < -0.39 is 0 Å². The van der Waals surface area contributed by atoms with Gasteiger partial charge in [-0.05, 0) is 17.7 Å². The van der Waals surface area contributed by atoms with Crippen LogP contribution in [0, 0.1) is 6.07 Å². The maximum Gasteiger partial charge on any atom is 0.0281 e. The summed E-state index contributed by atoms with van der Waals surface area (Å²) in [6, 6.07) is 10.6. The first-order valence-corrected chi connectivity index (χ1v) is 2.82. The molecule has 45 valence electrons. The van der Waals surface area contributed by atoms with Crippen LogP contribution in [0.15, 0.2) is 29.3 Å². The number of hydrogen-bond donors (Lipinski definition) is 0. The molecule has 0 saturated carbocycles. The second-order valence-corrected chi connectivity index (χ2v) is 1.72. The van der Waals surface area contributed by atoms with Crippen LogP contribution in [0.1, 0.15) is 5.56 Å². The SMILES string of the molecule is C/N=C\c1c[c]ccc1. The molecule has 0 amide bonds. The fraction of sp³-hybridized carbons (Fsp3) is 0.125. The van der Waals surface area contributed by atoms with Gasteiger partial charge in [0.1, 0.15) is 0 Å². The molecule has 0 spiro atoms. The Bertz CT molecular complexity index is 189. The second kappa shape index (κ2) is 3.02. The van der Waals surface area contributed by atoms with E-state index in [1.165, 1.54) is 0 Å². The summed E-state index contributed by atoms with van der Waals surface area (Å²) in [4.78, 5) is 3.86. The summed E-state index contributed by atoms with van der Waals surface area (Å²) in [6.45, 7) is 0. The minimum absolute atomic E-state index is 1.10. The molecule has 0 saturated heterocycles. The minimum Gasteiger partial charge on any atom is -0.296 e. The van der Waals surface area contributed by atoms with E-state index in [1.807, 2.05) is 24.3 Å². The van der Waals surface area contributed by atoms with Gasteiger partial charge in [0.05, 0.1) is 0 Å². The molecule has 0 atom stereocenters. The van der Waals surface area contributed by atoms with Gasteiger partial charge in [0.15, 0.2) is 0 Å². The van der Waals surface area contributed by atoms with Crippen molar-refractivity contribution in [1.29, 1.82) is 0 Å². The van der Waals surface area contributed by atoms with Gasteiger partial charge in [0, 0.05) is 13.3 Å². The highest BCUT2D eigenvalue weighted by atomic mass is 14.6. The van der Waals surface area contributed by atoms with Crippen molar-refractivity contribution >= 4 is 6.21 Å². The molecule has 0 aliphatic heterocycles. The predicted molar refractivity (Wildman–Crippen MR) is 38.8 cm³/mol. The van der Waals surface area contributed by atoms with Crippen LogP contribution < -0.4 is 0 Å². The van der Waals surface area contributed by atoms with E-state index in [1.54, 1.807) is 13.3 Å². The average Bonchev–Trinajstić information content (AvgIpc) is 1.91. The zero-order valence-electron chi connectivity index (χ0n) is 5.33. The first-order chi connectivity index (χ1) is 4.43. The van der Waals surface area contributed by atoms with Crippen LogP contribution in [-0.2, 0) is 0 Å². The van der Waals surface area contributed by atoms with Gasteiger partial charge in [-0.2, -0.15) is 0 Å². The van der Waals surface area contributed by atoms with Crippen LogP contribution in [0.5, 0.6) is 0 Å². The molecule has 1 heteroatoms. The van der Waals surface area contributed by atoms with Gasteiger partial charge in [-0.25, -0.2) is 0 Å². The van der Waals surface area contributed by atoms with E-state index in [-0.39, 0.29) is 0 Å². The lowest BCUT2D eigenvalue weighted by Gasteiger charge is -1.85. The molecule has 9 heavy (non-hydrogen) atoms. The third kappa shape index (κ3) is 1.68. The molecule has 1 rings (SSSR count). The average molecular weight is 118 g/mol. The number of hydrogen-bond acceptors (Lipinski definition) is 1. The highest BCUT2D eigenvalue weighted by molar-refractivity contribution is 5.79. The van der Waals surface area contributed by atoms with Crippen LogP contribution >= 0.6 is 0 Å². The molecule has 1 nitrogen and oxygen atoms in total. The fourth-order valence-electron chi connectivity index (χ4n) is 0.637. The lowest BCUT2D eigenvalue weighted by molar-refractivity contribution is 1.46. The summed E-state index contributed by atoms with van der Waals surface area (Å²) in [5.41, 5.74) is 1.10. The molecule has 0 aliphatic rings. The highest BCUT2D eigenvalue weighted by Gasteiger charge is 1.79. The molecular weight excluding hydrogens is 110 g/mol. The number of benzene rings is 1. The van der Waals surface area contributed by atoms with Gasteiger partial charge in [0.25, 0.3) is 0 Å². The monoisotopic (exact) mass is 118 g/mol. The maximum atomic E-state index is 3.86. The Morgan fingerprint density at radius 3 is 3.11 bits per heavy atom. The summed E-state index contributed by atoms with van der Waals surface area (Å²) in [5, 5.41) is 0. The van der Waals surface area contributed by atoms with Crippen molar-refractivity contribution in [2.75, 3.05) is 7.05 Å². The zero-order chi connectivity index (χ0) is 6.53. The molecule has 0 heterocycles. The van der Waals surface area contributed by atoms with Gasteiger partial charge in [-0.15, -0.1) is 0 Å². The van der Waals surface area contributed by atoms with Crippen molar-refractivity contribution in [2.24, 2.45) is 4.99 Å². The lowest BCUT2D eigenvalue weighted by atomic mass is 10.2. The summed E-state index contributed by atoms with van der Waals surface area (Å²) in [6.07, 6.45) is 1.80. The summed E-state index contributed by atoms with van der Waals surface area (Å²) in [5.74, 6) is 0. The smallest absolute Gasteiger partial charge is 0.0281 e. The largest absolute Gasteiger partial charge is 0.296 e. The highest BCUT2D eigenvalue weighted by Crippen LogP contribution is 1.91. The van der Waals surface area contributed by atoms with Gasteiger partial charge >= 0.3 is 0 Å².